The topological polar surface area (TPSA) is 60.0 Å². The lowest BCUT2D eigenvalue weighted by Gasteiger charge is -2.20. The number of hydrogen-bond donors (Lipinski definition) is 1. The van der Waals surface area contributed by atoms with Gasteiger partial charge in [0.25, 0.3) is 0 Å². The zero-order valence-corrected chi connectivity index (χ0v) is 23.6. The highest BCUT2D eigenvalue weighted by molar-refractivity contribution is 5.75. The van der Waals surface area contributed by atoms with Crippen LogP contribution >= 0.6 is 0 Å². The predicted octanol–water partition coefficient (Wildman–Crippen LogP) is 5.64. The third-order valence-electron chi connectivity index (χ3n) is 7.76. The number of alkyl halides is 3. The average molecular weight is 605 g/mol. The van der Waals surface area contributed by atoms with Gasteiger partial charge in [-0.15, -0.1) is 0 Å². The molecule has 0 bridgehead atoms. The minimum atomic E-state index is -4.32. The first kappa shape index (κ1) is 30.7. The van der Waals surface area contributed by atoms with Crippen LogP contribution in [-0.4, -0.2) is 55.9 Å². The standard InChI is InChI=1S/C32H33F5N2O4/c1-2-41-31(40)29(43-28-16-23(33)9-12-27(28)34)15-20-5-10-24(11-6-20)42-14-13-38-30-25-18-39(19-26(25)30)17-21-3-7-22(8-4-21)32(35,36)37/h3-12,16,25-26,29-30,38H,2,13-15,17-19H2,1H3/t25-,26?,29-,30+/m0/s1. The van der Waals surface area contributed by atoms with E-state index in [1.807, 2.05) is 0 Å². The number of rotatable bonds is 13. The molecule has 1 unspecified atom stereocenters. The highest BCUT2D eigenvalue weighted by Crippen LogP contribution is 2.45. The monoisotopic (exact) mass is 604 g/mol. The van der Waals surface area contributed by atoms with Crippen LogP contribution in [0.1, 0.15) is 23.6 Å². The van der Waals surface area contributed by atoms with E-state index in [0.29, 0.717) is 43.3 Å². The first-order valence-electron chi connectivity index (χ1n) is 14.2. The highest BCUT2D eigenvalue weighted by Gasteiger charge is 2.55. The van der Waals surface area contributed by atoms with Gasteiger partial charge in [-0.1, -0.05) is 24.3 Å². The van der Waals surface area contributed by atoms with Crippen LogP contribution in [0, 0.1) is 23.5 Å². The van der Waals surface area contributed by atoms with Crippen molar-refractivity contribution in [3.63, 3.8) is 0 Å². The molecule has 1 heterocycles. The predicted molar refractivity (Wildman–Crippen MR) is 149 cm³/mol. The number of carbonyl (C=O) groups is 1. The molecule has 1 N–H and O–H groups in total. The Hall–Kier alpha value is -3.70. The smallest absolute Gasteiger partial charge is 0.416 e. The normalized spacial score (nSPS) is 20.4. The molecule has 0 amide bonds. The number of nitrogens with one attached hydrogen (secondary N) is 1. The maximum Gasteiger partial charge on any atom is 0.416 e. The van der Waals surface area contributed by atoms with Crippen molar-refractivity contribution >= 4 is 5.97 Å². The van der Waals surface area contributed by atoms with E-state index in [9.17, 15) is 26.7 Å². The third kappa shape index (κ3) is 8.03. The molecule has 11 heteroatoms. The molecule has 43 heavy (non-hydrogen) atoms. The summed E-state index contributed by atoms with van der Waals surface area (Å²) in [7, 11) is 0. The van der Waals surface area contributed by atoms with E-state index in [-0.39, 0.29) is 18.8 Å². The van der Waals surface area contributed by atoms with Crippen molar-refractivity contribution in [1.29, 1.82) is 0 Å². The van der Waals surface area contributed by atoms with E-state index in [1.54, 1.807) is 43.3 Å². The second kappa shape index (κ2) is 13.3. The summed E-state index contributed by atoms with van der Waals surface area (Å²) in [5.41, 5.74) is 0.977. The molecule has 0 aromatic heterocycles. The maximum atomic E-state index is 14.1. The zero-order chi connectivity index (χ0) is 30.6. The van der Waals surface area contributed by atoms with Crippen molar-refractivity contribution in [2.75, 3.05) is 32.8 Å². The lowest BCUT2D eigenvalue weighted by Crippen LogP contribution is -2.33. The molecule has 1 aliphatic heterocycles. The van der Waals surface area contributed by atoms with Gasteiger partial charge in [0.15, 0.2) is 17.7 Å². The fraction of sp³-hybridized carbons (Fsp3) is 0.406. The minimum Gasteiger partial charge on any atom is -0.492 e. The van der Waals surface area contributed by atoms with Crippen LogP contribution in [0.25, 0.3) is 0 Å². The van der Waals surface area contributed by atoms with Crippen molar-refractivity contribution in [2.24, 2.45) is 11.8 Å². The quantitative estimate of drug-likeness (QED) is 0.155. The molecule has 6 nitrogen and oxygen atoms in total. The Balaban J connectivity index is 1.02. The number of piperidine rings is 1. The van der Waals surface area contributed by atoms with E-state index in [0.717, 1.165) is 54.5 Å². The van der Waals surface area contributed by atoms with Crippen molar-refractivity contribution in [3.8, 4) is 11.5 Å². The molecule has 3 aromatic carbocycles. The molecule has 230 valence electrons. The Labute approximate surface area is 246 Å². The molecule has 4 atom stereocenters. The van der Waals surface area contributed by atoms with Crippen LogP contribution in [0.4, 0.5) is 22.0 Å². The molecule has 1 saturated carbocycles. The Morgan fingerprint density at radius 3 is 2.30 bits per heavy atom. The number of benzene rings is 3. The van der Waals surface area contributed by atoms with E-state index in [4.69, 9.17) is 14.2 Å². The van der Waals surface area contributed by atoms with Crippen LogP contribution in [0.2, 0.25) is 0 Å². The summed E-state index contributed by atoms with van der Waals surface area (Å²) in [5, 5.41) is 3.53. The van der Waals surface area contributed by atoms with E-state index < -0.39 is 35.4 Å². The molecular formula is C32H33F5N2O4. The molecule has 1 aliphatic carbocycles. The zero-order valence-electron chi connectivity index (χ0n) is 23.6. The summed E-state index contributed by atoms with van der Waals surface area (Å²) in [6, 6.07) is 15.7. The summed E-state index contributed by atoms with van der Waals surface area (Å²) < 4.78 is 82.4. The summed E-state index contributed by atoms with van der Waals surface area (Å²) in [4.78, 5) is 14.7. The van der Waals surface area contributed by atoms with Gasteiger partial charge in [-0.05, 0) is 66.3 Å². The number of esters is 1. The second-order valence-corrected chi connectivity index (χ2v) is 10.8. The second-order valence-electron chi connectivity index (χ2n) is 10.8. The lowest BCUT2D eigenvalue weighted by atomic mass is 10.1. The van der Waals surface area contributed by atoms with Crippen molar-refractivity contribution in [3.05, 3.63) is 95.1 Å². The molecule has 1 saturated heterocycles. The molecule has 5 rings (SSSR count). The Morgan fingerprint density at radius 1 is 0.977 bits per heavy atom. The minimum absolute atomic E-state index is 0.0942. The molecule has 0 radical (unpaired) electrons. The fourth-order valence-corrected chi connectivity index (χ4v) is 5.56. The fourth-order valence-electron chi connectivity index (χ4n) is 5.56. The van der Waals surface area contributed by atoms with Gasteiger partial charge in [-0.3, -0.25) is 4.90 Å². The van der Waals surface area contributed by atoms with Gasteiger partial charge in [0.2, 0.25) is 0 Å². The number of halogens is 5. The number of nitrogens with zero attached hydrogens (tertiary/aromatic N) is 1. The highest BCUT2D eigenvalue weighted by atomic mass is 19.4. The largest absolute Gasteiger partial charge is 0.492 e. The Morgan fingerprint density at radius 2 is 1.65 bits per heavy atom. The first-order chi connectivity index (χ1) is 20.6. The number of fused-ring (bicyclic) bond motifs is 1. The van der Waals surface area contributed by atoms with Gasteiger partial charge >= 0.3 is 12.1 Å². The number of hydrogen-bond acceptors (Lipinski definition) is 6. The van der Waals surface area contributed by atoms with E-state index in [2.05, 4.69) is 10.2 Å². The van der Waals surface area contributed by atoms with Gasteiger partial charge in [0, 0.05) is 44.7 Å². The lowest BCUT2D eigenvalue weighted by molar-refractivity contribution is -0.151. The van der Waals surface area contributed by atoms with Gasteiger partial charge in [-0.2, -0.15) is 13.2 Å². The van der Waals surface area contributed by atoms with Gasteiger partial charge < -0.3 is 19.5 Å². The maximum absolute atomic E-state index is 14.1. The van der Waals surface area contributed by atoms with Crippen molar-refractivity contribution in [1.82, 2.24) is 10.2 Å². The molecule has 2 fully saturated rings. The van der Waals surface area contributed by atoms with Gasteiger partial charge in [0.1, 0.15) is 18.2 Å². The molecule has 0 spiro atoms. The summed E-state index contributed by atoms with van der Waals surface area (Å²) in [6.45, 7) is 5.35. The van der Waals surface area contributed by atoms with E-state index in [1.165, 1.54) is 0 Å². The van der Waals surface area contributed by atoms with Crippen LogP contribution in [0.5, 0.6) is 11.5 Å². The summed E-state index contributed by atoms with van der Waals surface area (Å²) >= 11 is 0. The number of likely N-dealkylation sites (tertiary alicyclic amines) is 1. The molecule has 3 aromatic rings. The third-order valence-corrected chi connectivity index (χ3v) is 7.76. The summed E-state index contributed by atoms with van der Waals surface area (Å²) in [6.07, 6.45) is -5.38. The van der Waals surface area contributed by atoms with Gasteiger partial charge in [-0.25, -0.2) is 13.6 Å². The van der Waals surface area contributed by atoms with Crippen LogP contribution in [0.3, 0.4) is 0 Å². The van der Waals surface area contributed by atoms with Crippen LogP contribution < -0.4 is 14.8 Å². The molecular weight excluding hydrogens is 571 g/mol. The first-order valence-corrected chi connectivity index (χ1v) is 14.2. The van der Waals surface area contributed by atoms with Crippen molar-refractivity contribution in [2.45, 2.75) is 38.2 Å². The average Bonchev–Trinajstić information content (AvgIpc) is 3.42. The van der Waals surface area contributed by atoms with Gasteiger partial charge in [0.05, 0.1) is 12.2 Å². The summed E-state index contributed by atoms with van der Waals surface area (Å²) in [5.74, 6) is -0.790. The number of carbonyl (C=O) groups excluding carboxylic acids is 1. The van der Waals surface area contributed by atoms with Crippen LogP contribution in [-0.2, 0) is 28.7 Å². The Bertz CT molecular complexity index is 1370. The molecule has 2 aliphatic rings. The van der Waals surface area contributed by atoms with Crippen LogP contribution in [0.15, 0.2) is 66.7 Å². The number of ether oxygens (including phenoxy) is 3. The van der Waals surface area contributed by atoms with E-state index >= 15 is 0 Å². The van der Waals surface area contributed by atoms with Crippen molar-refractivity contribution < 1.29 is 41.0 Å². The Kier molecular flexibility index (Phi) is 9.51. The SMILES string of the molecule is CCOC(=O)[C@H](Cc1ccc(OCCN[C@H]2C3CN(Cc4ccc(C(F)(F)F)cc4)C[C@@H]32)cc1)Oc1cc(F)ccc1F.